The average Bonchev–Trinajstić information content (AvgIpc) is 3.06. The fourth-order valence-corrected chi connectivity index (χ4v) is 2.94. The number of pyridine rings is 2. The van der Waals surface area contributed by atoms with E-state index in [-0.39, 0.29) is 5.78 Å². The molecule has 0 N–H and O–H groups in total. The Labute approximate surface area is 151 Å². The van der Waals surface area contributed by atoms with Gasteiger partial charge >= 0.3 is 0 Å². The Morgan fingerprint density at radius 3 is 2.64 bits per heavy atom. The minimum absolute atomic E-state index is 0.199. The normalized spacial score (nSPS) is 11.0. The van der Waals surface area contributed by atoms with Gasteiger partial charge < -0.3 is 0 Å². The summed E-state index contributed by atoms with van der Waals surface area (Å²) in [7, 11) is 0. The summed E-state index contributed by atoms with van der Waals surface area (Å²) in [5.41, 5.74) is 4.04. The van der Waals surface area contributed by atoms with Crippen LogP contribution >= 0.6 is 15.9 Å². The maximum atomic E-state index is 12.8. The molecule has 0 aliphatic rings. The largest absolute Gasteiger partial charge is 0.287 e. The molecule has 6 nitrogen and oxygen atoms in total. The second kappa shape index (κ2) is 6.18. The molecule has 0 radical (unpaired) electrons. The number of carbonyl (C=O) groups is 1. The summed E-state index contributed by atoms with van der Waals surface area (Å²) >= 11 is 3.37. The fraction of sp³-hybridized carbons (Fsp3) is 0.0556. The molecule has 0 bridgehead atoms. The summed E-state index contributed by atoms with van der Waals surface area (Å²) in [6.07, 6.45) is 6.58. The van der Waals surface area contributed by atoms with Gasteiger partial charge in [0.25, 0.3) is 0 Å². The molecule has 0 fully saturated rings. The van der Waals surface area contributed by atoms with Crippen molar-refractivity contribution in [3.8, 4) is 11.3 Å². The van der Waals surface area contributed by atoms with Crippen molar-refractivity contribution in [2.45, 2.75) is 6.92 Å². The molecular formula is C18H12BrN5O. The highest BCUT2D eigenvalue weighted by atomic mass is 79.9. The molecule has 0 aliphatic heterocycles. The number of rotatable bonds is 3. The van der Waals surface area contributed by atoms with E-state index in [1.54, 1.807) is 29.2 Å². The third-order valence-electron chi connectivity index (χ3n) is 3.81. The molecule has 0 aliphatic carbocycles. The van der Waals surface area contributed by atoms with Gasteiger partial charge in [-0.2, -0.15) is 5.10 Å². The number of halogens is 1. The van der Waals surface area contributed by atoms with Crippen LogP contribution in [0.3, 0.4) is 0 Å². The number of aromatic nitrogens is 5. The van der Waals surface area contributed by atoms with Crippen LogP contribution in [-0.4, -0.2) is 30.3 Å². The summed E-state index contributed by atoms with van der Waals surface area (Å²) < 4.78 is 2.38. The van der Waals surface area contributed by atoms with Crippen molar-refractivity contribution in [2.24, 2.45) is 0 Å². The molecule has 4 rings (SSSR count). The zero-order valence-corrected chi connectivity index (χ0v) is 14.8. The maximum Gasteiger partial charge on any atom is 0.216 e. The number of ketones is 1. The molecular weight excluding hydrogens is 382 g/mol. The Hall–Kier alpha value is -2.93. The first-order valence-electron chi connectivity index (χ1n) is 7.55. The molecule has 0 aromatic carbocycles. The smallest absolute Gasteiger partial charge is 0.216 e. The second-order valence-corrected chi connectivity index (χ2v) is 6.35. The van der Waals surface area contributed by atoms with E-state index < -0.39 is 0 Å². The Balaban J connectivity index is 1.84. The number of fused-ring (bicyclic) bond motifs is 1. The fourth-order valence-electron chi connectivity index (χ4n) is 2.57. The van der Waals surface area contributed by atoms with Gasteiger partial charge in [-0.15, -0.1) is 0 Å². The van der Waals surface area contributed by atoms with E-state index in [1.807, 2.05) is 31.2 Å². The Kier molecular flexibility index (Phi) is 3.85. The Bertz CT molecular complexity index is 1090. The van der Waals surface area contributed by atoms with E-state index in [0.29, 0.717) is 16.9 Å². The average molecular weight is 394 g/mol. The molecule has 7 heteroatoms. The monoisotopic (exact) mass is 393 g/mol. The van der Waals surface area contributed by atoms with Crippen LogP contribution in [0.5, 0.6) is 0 Å². The highest BCUT2D eigenvalue weighted by Gasteiger charge is 2.18. The number of hydrogen-bond donors (Lipinski definition) is 0. The minimum atomic E-state index is -0.199. The molecule has 0 unspecified atom stereocenters. The van der Waals surface area contributed by atoms with Gasteiger partial charge in [-0.05, 0) is 52.7 Å². The predicted molar refractivity (Wildman–Crippen MR) is 96.3 cm³/mol. The van der Waals surface area contributed by atoms with Crippen molar-refractivity contribution in [1.82, 2.24) is 24.6 Å². The number of carbonyl (C=O) groups excluding carboxylic acids is 1. The third-order valence-corrected chi connectivity index (χ3v) is 4.25. The van der Waals surface area contributed by atoms with Gasteiger partial charge in [0.15, 0.2) is 5.65 Å². The van der Waals surface area contributed by atoms with Gasteiger partial charge in [-0.1, -0.05) is 6.07 Å². The zero-order chi connectivity index (χ0) is 17.4. The van der Waals surface area contributed by atoms with Crippen LogP contribution in [0.4, 0.5) is 0 Å². The van der Waals surface area contributed by atoms with Crippen molar-refractivity contribution < 1.29 is 4.79 Å². The SMILES string of the molecule is Cc1ccc(C(=O)c2cnn3c(-c4ccnc(Br)c4)ccnc23)nc1. The lowest BCUT2D eigenvalue weighted by molar-refractivity contribution is 0.103. The van der Waals surface area contributed by atoms with Crippen molar-refractivity contribution in [2.75, 3.05) is 0 Å². The highest BCUT2D eigenvalue weighted by molar-refractivity contribution is 9.10. The number of hydrogen-bond acceptors (Lipinski definition) is 5. The summed E-state index contributed by atoms with van der Waals surface area (Å²) in [6, 6.07) is 9.19. The van der Waals surface area contributed by atoms with Crippen LogP contribution in [0.15, 0.2) is 59.7 Å². The van der Waals surface area contributed by atoms with Crippen molar-refractivity contribution in [3.63, 3.8) is 0 Å². The van der Waals surface area contributed by atoms with Crippen molar-refractivity contribution in [3.05, 3.63) is 76.5 Å². The van der Waals surface area contributed by atoms with Crippen LogP contribution in [0.2, 0.25) is 0 Å². The first-order valence-corrected chi connectivity index (χ1v) is 8.35. The first-order chi connectivity index (χ1) is 12.1. The number of nitrogens with zero attached hydrogens (tertiary/aromatic N) is 5. The van der Waals surface area contributed by atoms with E-state index in [1.165, 1.54) is 6.20 Å². The molecule has 0 atom stereocenters. The lowest BCUT2D eigenvalue weighted by Gasteiger charge is -2.05. The minimum Gasteiger partial charge on any atom is -0.287 e. The first kappa shape index (κ1) is 15.6. The second-order valence-electron chi connectivity index (χ2n) is 5.54. The van der Waals surface area contributed by atoms with E-state index in [9.17, 15) is 4.79 Å². The quantitative estimate of drug-likeness (QED) is 0.393. The Morgan fingerprint density at radius 2 is 1.88 bits per heavy atom. The molecule has 0 amide bonds. The van der Waals surface area contributed by atoms with E-state index >= 15 is 0 Å². The van der Waals surface area contributed by atoms with Crippen LogP contribution in [0, 0.1) is 6.92 Å². The standard InChI is InChI=1S/C18H12BrN5O/c1-11-2-3-14(22-9-11)17(25)13-10-23-24-15(5-7-21-18(13)24)12-4-6-20-16(19)8-12/h2-10H,1H3. The predicted octanol–water partition coefficient (Wildman–Crippen LogP) is 3.49. The topological polar surface area (TPSA) is 73.0 Å². The van der Waals surface area contributed by atoms with Gasteiger partial charge in [-0.3, -0.25) is 9.78 Å². The lowest BCUT2D eigenvalue weighted by atomic mass is 10.1. The van der Waals surface area contributed by atoms with Crippen LogP contribution < -0.4 is 0 Å². The van der Waals surface area contributed by atoms with E-state index in [0.717, 1.165) is 21.4 Å². The molecule has 4 heterocycles. The summed E-state index contributed by atoms with van der Waals surface area (Å²) in [6.45, 7) is 1.93. The zero-order valence-electron chi connectivity index (χ0n) is 13.2. The molecule has 25 heavy (non-hydrogen) atoms. The van der Waals surface area contributed by atoms with Gasteiger partial charge in [0.05, 0.1) is 17.5 Å². The molecule has 0 saturated heterocycles. The molecule has 4 aromatic rings. The molecule has 4 aromatic heterocycles. The van der Waals surface area contributed by atoms with Crippen molar-refractivity contribution in [1.29, 1.82) is 0 Å². The van der Waals surface area contributed by atoms with E-state index in [2.05, 4.69) is 36.0 Å². The van der Waals surface area contributed by atoms with Crippen LogP contribution in [0.1, 0.15) is 21.6 Å². The summed E-state index contributed by atoms with van der Waals surface area (Å²) in [5.74, 6) is -0.199. The van der Waals surface area contributed by atoms with E-state index in [4.69, 9.17) is 0 Å². The number of aryl methyl sites for hydroxylation is 1. The highest BCUT2D eigenvalue weighted by Crippen LogP contribution is 2.23. The Morgan fingerprint density at radius 1 is 1.04 bits per heavy atom. The van der Waals surface area contributed by atoms with Crippen LogP contribution in [-0.2, 0) is 0 Å². The van der Waals surface area contributed by atoms with Crippen molar-refractivity contribution >= 4 is 27.4 Å². The molecule has 122 valence electrons. The maximum absolute atomic E-state index is 12.8. The van der Waals surface area contributed by atoms with Gasteiger partial charge in [0.1, 0.15) is 10.3 Å². The van der Waals surface area contributed by atoms with Crippen LogP contribution in [0.25, 0.3) is 16.9 Å². The van der Waals surface area contributed by atoms with Gasteiger partial charge in [0.2, 0.25) is 5.78 Å². The van der Waals surface area contributed by atoms with Gasteiger partial charge in [0, 0.05) is 24.2 Å². The molecule has 0 spiro atoms. The summed E-state index contributed by atoms with van der Waals surface area (Å²) in [5, 5.41) is 4.36. The molecule has 0 saturated carbocycles. The van der Waals surface area contributed by atoms with Gasteiger partial charge in [-0.25, -0.2) is 14.5 Å². The lowest BCUT2D eigenvalue weighted by Crippen LogP contribution is -2.05. The summed E-state index contributed by atoms with van der Waals surface area (Å²) in [4.78, 5) is 25.4. The third kappa shape index (κ3) is 2.83.